The second-order valence-corrected chi connectivity index (χ2v) is 2.44. The van der Waals surface area contributed by atoms with E-state index in [0.29, 0.717) is 0 Å². The Kier molecular flexibility index (Phi) is 4.55. The number of ketones is 1. The monoisotopic (exact) mass is 138 g/mol. The molecule has 0 atom stereocenters. The second-order valence-electron chi connectivity index (χ2n) is 2.44. The molecular weight excluding hydrogens is 124 g/mol. The Morgan fingerprint density at radius 2 is 1.90 bits per heavy atom. The van der Waals surface area contributed by atoms with E-state index in [9.17, 15) is 4.79 Å². The highest BCUT2D eigenvalue weighted by atomic mass is 16.1. The Hall–Kier alpha value is -0.850. The van der Waals surface area contributed by atoms with Crippen molar-refractivity contribution in [3.63, 3.8) is 0 Å². The number of rotatable bonds is 3. The largest absolute Gasteiger partial charge is 0.295 e. The predicted octanol–water partition coefficient (Wildman–Crippen LogP) is 2.34. The first-order valence-electron chi connectivity index (χ1n) is 3.51. The highest BCUT2D eigenvalue weighted by Gasteiger charge is 1.99. The summed E-state index contributed by atoms with van der Waals surface area (Å²) in [5.41, 5.74) is 0. The zero-order valence-electron chi connectivity index (χ0n) is 6.79. The van der Waals surface area contributed by atoms with Crippen molar-refractivity contribution in [3.05, 3.63) is 24.3 Å². The van der Waals surface area contributed by atoms with Crippen molar-refractivity contribution < 1.29 is 4.79 Å². The summed E-state index contributed by atoms with van der Waals surface area (Å²) in [5, 5.41) is 0. The Bertz CT molecular complexity index is 152. The molecule has 1 nitrogen and oxygen atoms in total. The summed E-state index contributed by atoms with van der Waals surface area (Å²) in [6, 6.07) is 0. The van der Waals surface area contributed by atoms with Gasteiger partial charge in [0.1, 0.15) is 0 Å². The fourth-order valence-corrected chi connectivity index (χ4v) is 0.454. The first-order valence-corrected chi connectivity index (χ1v) is 3.51. The van der Waals surface area contributed by atoms with Crippen LogP contribution in [-0.2, 0) is 4.79 Å². The lowest BCUT2D eigenvalue weighted by molar-refractivity contribution is -0.117. The maximum absolute atomic E-state index is 10.9. The SMILES string of the molecule is CC=CC=CC(=O)C(C)C. The van der Waals surface area contributed by atoms with E-state index in [1.54, 1.807) is 12.2 Å². The van der Waals surface area contributed by atoms with Crippen LogP contribution in [0.4, 0.5) is 0 Å². The smallest absolute Gasteiger partial charge is 0.158 e. The average molecular weight is 138 g/mol. The van der Waals surface area contributed by atoms with Gasteiger partial charge >= 0.3 is 0 Å². The molecule has 0 aliphatic heterocycles. The van der Waals surface area contributed by atoms with E-state index in [-0.39, 0.29) is 11.7 Å². The van der Waals surface area contributed by atoms with Crippen LogP contribution in [0.1, 0.15) is 20.8 Å². The average Bonchev–Trinajstić information content (AvgIpc) is 1.88. The van der Waals surface area contributed by atoms with Crippen LogP contribution >= 0.6 is 0 Å². The molecule has 0 unspecified atom stereocenters. The van der Waals surface area contributed by atoms with Gasteiger partial charge in [0.25, 0.3) is 0 Å². The molecule has 0 heterocycles. The van der Waals surface area contributed by atoms with Crippen LogP contribution in [0.25, 0.3) is 0 Å². The topological polar surface area (TPSA) is 17.1 Å². The molecule has 0 aromatic heterocycles. The molecule has 0 bridgehead atoms. The zero-order chi connectivity index (χ0) is 7.98. The summed E-state index contributed by atoms with van der Waals surface area (Å²) in [7, 11) is 0. The molecule has 0 aromatic rings. The lowest BCUT2D eigenvalue weighted by Gasteiger charge is -1.94. The molecule has 0 aliphatic carbocycles. The van der Waals surface area contributed by atoms with Crippen LogP contribution in [0.3, 0.4) is 0 Å². The fraction of sp³-hybridized carbons (Fsp3) is 0.444. The summed E-state index contributed by atoms with van der Waals surface area (Å²) in [5.74, 6) is 0.291. The third kappa shape index (κ3) is 4.07. The molecule has 56 valence electrons. The maximum Gasteiger partial charge on any atom is 0.158 e. The van der Waals surface area contributed by atoms with Gasteiger partial charge in [-0.15, -0.1) is 0 Å². The quantitative estimate of drug-likeness (QED) is 0.432. The van der Waals surface area contributed by atoms with Crippen LogP contribution < -0.4 is 0 Å². The fourth-order valence-electron chi connectivity index (χ4n) is 0.454. The van der Waals surface area contributed by atoms with Crippen molar-refractivity contribution in [1.82, 2.24) is 0 Å². The van der Waals surface area contributed by atoms with Gasteiger partial charge in [-0.3, -0.25) is 4.79 Å². The molecule has 1 heteroatoms. The molecule has 0 fully saturated rings. The lowest BCUT2D eigenvalue weighted by atomic mass is 10.1. The number of hydrogen-bond donors (Lipinski definition) is 0. The number of carbonyl (C=O) groups excluding carboxylic acids is 1. The molecule has 0 aliphatic rings. The van der Waals surface area contributed by atoms with E-state index < -0.39 is 0 Å². The number of carbonyl (C=O) groups is 1. The molecule has 0 N–H and O–H groups in total. The number of hydrogen-bond acceptors (Lipinski definition) is 1. The van der Waals surface area contributed by atoms with Gasteiger partial charge in [0, 0.05) is 5.92 Å². The standard InChI is InChI=1S/C9H14O/c1-4-5-6-7-9(10)8(2)3/h4-8H,1-3H3. The maximum atomic E-state index is 10.9. The van der Waals surface area contributed by atoms with Crippen LogP contribution in [0, 0.1) is 5.92 Å². The van der Waals surface area contributed by atoms with Gasteiger partial charge in [-0.05, 0) is 13.0 Å². The van der Waals surface area contributed by atoms with Crippen LogP contribution in [0.15, 0.2) is 24.3 Å². The highest BCUT2D eigenvalue weighted by molar-refractivity contribution is 5.91. The molecule has 0 rings (SSSR count). The highest BCUT2D eigenvalue weighted by Crippen LogP contribution is 1.94. The molecule has 0 saturated carbocycles. The van der Waals surface area contributed by atoms with E-state index in [1.165, 1.54) is 0 Å². The van der Waals surface area contributed by atoms with Crippen LogP contribution in [0.2, 0.25) is 0 Å². The van der Waals surface area contributed by atoms with Crippen molar-refractivity contribution >= 4 is 5.78 Å². The summed E-state index contributed by atoms with van der Waals surface area (Å²) >= 11 is 0. The van der Waals surface area contributed by atoms with E-state index in [2.05, 4.69) is 0 Å². The Morgan fingerprint density at radius 3 is 2.30 bits per heavy atom. The second kappa shape index (κ2) is 4.98. The van der Waals surface area contributed by atoms with Gasteiger partial charge in [0.15, 0.2) is 5.78 Å². The summed E-state index contributed by atoms with van der Waals surface area (Å²) in [6.45, 7) is 5.70. The van der Waals surface area contributed by atoms with Crippen molar-refractivity contribution in [1.29, 1.82) is 0 Å². The Labute approximate surface area is 62.4 Å². The van der Waals surface area contributed by atoms with E-state index in [0.717, 1.165) is 0 Å². The molecule has 10 heavy (non-hydrogen) atoms. The van der Waals surface area contributed by atoms with Gasteiger partial charge in [0.2, 0.25) is 0 Å². The summed E-state index contributed by atoms with van der Waals surface area (Å²) in [4.78, 5) is 10.9. The molecule has 0 amide bonds. The molecular formula is C9H14O. The first-order chi connectivity index (χ1) is 4.68. The minimum Gasteiger partial charge on any atom is -0.295 e. The Balaban J connectivity index is 3.78. The summed E-state index contributed by atoms with van der Waals surface area (Å²) < 4.78 is 0. The number of allylic oxidation sites excluding steroid dienone is 4. The zero-order valence-corrected chi connectivity index (χ0v) is 6.79. The van der Waals surface area contributed by atoms with Gasteiger partial charge < -0.3 is 0 Å². The van der Waals surface area contributed by atoms with Gasteiger partial charge in [-0.25, -0.2) is 0 Å². The minimum atomic E-state index is 0.113. The van der Waals surface area contributed by atoms with Crippen molar-refractivity contribution in [2.45, 2.75) is 20.8 Å². The molecule has 0 spiro atoms. The minimum absolute atomic E-state index is 0.113. The predicted molar refractivity (Wildman–Crippen MR) is 43.8 cm³/mol. The lowest BCUT2D eigenvalue weighted by Crippen LogP contribution is -2.01. The van der Waals surface area contributed by atoms with E-state index in [1.807, 2.05) is 32.9 Å². The van der Waals surface area contributed by atoms with Gasteiger partial charge in [-0.1, -0.05) is 32.1 Å². The van der Waals surface area contributed by atoms with Gasteiger partial charge in [-0.2, -0.15) is 0 Å². The Morgan fingerprint density at radius 1 is 1.30 bits per heavy atom. The van der Waals surface area contributed by atoms with Crippen molar-refractivity contribution in [2.75, 3.05) is 0 Å². The summed E-state index contributed by atoms with van der Waals surface area (Å²) in [6.07, 6.45) is 7.11. The van der Waals surface area contributed by atoms with Crippen molar-refractivity contribution in [2.24, 2.45) is 5.92 Å². The third-order valence-corrected chi connectivity index (χ3v) is 1.13. The third-order valence-electron chi connectivity index (χ3n) is 1.13. The van der Waals surface area contributed by atoms with E-state index in [4.69, 9.17) is 0 Å². The van der Waals surface area contributed by atoms with Crippen LogP contribution in [0.5, 0.6) is 0 Å². The molecule has 0 aromatic carbocycles. The molecule has 0 saturated heterocycles. The molecule has 0 radical (unpaired) electrons. The van der Waals surface area contributed by atoms with Crippen LogP contribution in [-0.4, -0.2) is 5.78 Å². The van der Waals surface area contributed by atoms with E-state index >= 15 is 0 Å². The normalized spacial score (nSPS) is 12.0. The van der Waals surface area contributed by atoms with Gasteiger partial charge in [0.05, 0.1) is 0 Å². The van der Waals surface area contributed by atoms with Crippen molar-refractivity contribution in [3.8, 4) is 0 Å². The first kappa shape index (κ1) is 9.15.